The van der Waals surface area contributed by atoms with Crippen LogP contribution in [-0.4, -0.2) is 67.8 Å². The summed E-state index contributed by atoms with van der Waals surface area (Å²) in [5.74, 6) is 0.725. The SMILES string of the molecule is COC1(C(=O)N2CC[N+](C)(C)C[C@H]2C(C)C)CC1. The Morgan fingerprint density at radius 1 is 1.39 bits per heavy atom. The Kier molecular flexibility index (Phi) is 3.45. The van der Waals surface area contributed by atoms with Crippen molar-refractivity contribution in [1.82, 2.24) is 4.90 Å². The Morgan fingerprint density at radius 2 is 2.00 bits per heavy atom. The second-order valence-corrected chi connectivity index (χ2v) is 6.85. The Bertz CT molecular complexity index is 335. The third-order valence-corrected chi connectivity index (χ3v) is 4.54. The number of likely N-dealkylation sites (N-methyl/N-ethyl adjacent to an activating group) is 1. The van der Waals surface area contributed by atoms with E-state index in [9.17, 15) is 4.79 Å². The first-order valence-electron chi connectivity index (χ1n) is 6.99. The van der Waals surface area contributed by atoms with Crippen LogP contribution in [0.3, 0.4) is 0 Å². The molecule has 0 unspecified atom stereocenters. The zero-order valence-corrected chi connectivity index (χ0v) is 12.4. The van der Waals surface area contributed by atoms with Crippen LogP contribution < -0.4 is 0 Å². The lowest BCUT2D eigenvalue weighted by atomic mass is 9.97. The molecule has 18 heavy (non-hydrogen) atoms. The third kappa shape index (κ3) is 2.41. The van der Waals surface area contributed by atoms with Gasteiger partial charge in [0.25, 0.3) is 5.91 Å². The lowest BCUT2D eigenvalue weighted by Gasteiger charge is -2.46. The second-order valence-electron chi connectivity index (χ2n) is 6.85. The molecule has 4 heteroatoms. The van der Waals surface area contributed by atoms with E-state index in [-0.39, 0.29) is 5.91 Å². The fraction of sp³-hybridized carbons (Fsp3) is 0.929. The summed E-state index contributed by atoms with van der Waals surface area (Å²) in [5, 5.41) is 0. The van der Waals surface area contributed by atoms with Crippen LogP contribution in [0.2, 0.25) is 0 Å². The molecule has 4 nitrogen and oxygen atoms in total. The molecule has 0 N–H and O–H groups in total. The van der Waals surface area contributed by atoms with E-state index in [1.807, 2.05) is 0 Å². The van der Waals surface area contributed by atoms with Crippen LogP contribution in [0.5, 0.6) is 0 Å². The van der Waals surface area contributed by atoms with Crippen LogP contribution in [0.1, 0.15) is 26.7 Å². The third-order valence-electron chi connectivity index (χ3n) is 4.54. The molecule has 1 saturated heterocycles. The number of ether oxygens (including phenoxy) is 1. The van der Waals surface area contributed by atoms with Gasteiger partial charge in [-0.25, -0.2) is 0 Å². The van der Waals surface area contributed by atoms with Crippen LogP contribution >= 0.6 is 0 Å². The Hall–Kier alpha value is -0.610. The van der Waals surface area contributed by atoms with E-state index in [4.69, 9.17) is 4.74 Å². The number of rotatable bonds is 3. The fourth-order valence-corrected chi connectivity index (χ4v) is 2.94. The minimum absolute atomic E-state index is 0.225. The highest BCUT2D eigenvalue weighted by atomic mass is 16.5. The van der Waals surface area contributed by atoms with Gasteiger partial charge in [-0.2, -0.15) is 0 Å². The van der Waals surface area contributed by atoms with E-state index < -0.39 is 5.60 Å². The number of carbonyl (C=O) groups is 1. The average molecular weight is 255 g/mol. The Labute approximate surface area is 110 Å². The molecule has 0 aromatic rings. The number of piperazine rings is 1. The van der Waals surface area contributed by atoms with Gasteiger partial charge in [0.2, 0.25) is 0 Å². The van der Waals surface area contributed by atoms with E-state index in [1.54, 1.807) is 7.11 Å². The topological polar surface area (TPSA) is 29.5 Å². The van der Waals surface area contributed by atoms with Gasteiger partial charge in [-0.1, -0.05) is 13.8 Å². The van der Waals surface area contributed by atoms with E-state index in [1.165, 1.54) is 0 Å². The molecule has 1 amide bonds. The van der Waals surface area contributed by atoms with Crippen molar-refractivity contribution < 1.29 is 14.0 Å². The van der Waals surface area contributed by atoms with Gasteiger partial charge in [-0.15, -0.1) is 0 Å². The first-order chi connectivity index (χ1) is 8.31. The molecule has 1 atom stereocenters. The Morgan fingerprint density at radius 3 is 2.44 bits per heavy atom. The fourth-order valence-electron chi connectivity index (χ4n) is 2.94. The number of hydrogen-bond donors (Lipinski definition) is 0. The number of carbonyl (C=O) groups excluding carboxylic acids is 1. The molecule has 1 aliphatic heterocycles. The zero-order valence-electron chi connectivity index (χ0n) is 12.4. The van der Waals surface area contributed by atoms with E-state index in [0.29, 0.717) is 12.0 Å². The summed E-state index contributed by atoms with van der Waals surface area (Å²) < 4.78 is 6.45. The summed E-state index contributed by atoms with van der Waals surface area (Å²) in [6.07, 6.45) is 1.78. The highest BCUT2D eigenvalue weighted by Crippen LogP contribution is 2.41. The molecule has 1 saturated carbocycles. The monoisotopic (exact) mass is 255 g/mol. The van der Waals surface area contributed by atoms with Gasteiger partial charge in [-0.3, -0.25) is 4.79 Å². The van der Waals surface area contributed by atoms with Crippen molar-refractivity contribution in [3.63, 3.8) is 0 Å². The minimum Gasteiger partial charge on any atom is -0.368 e. The van der Waals surface area contributed by atoms with Gasteiger partial charge in [0.1, 0.15) is 5.60 Å². The van der Waals surface area contributed by atoms with Crippen molar-refractivity contribution in [1.29, 1.82) is 0 Å². The van der Waals surface area contributed by atoms with Crippen molar-refractivity contribution in [2.24, 2.45) is 5.92 Å². The van der Waals surface area contributed by atoms with Crippen molar-refractivity contribution in [2.75, 3.05) is 40.8 Å². The summed E-state index contributed by atoms with van der Waals surface area (Å²) in [6, 6.07) is 0.342. The van der Waals surface area contributed by atoms with Crippen molar-refractivity contribution in [2.45, 2.75) is 38.3 Å². The molecule has 2 aliphatic rings. The number of methoxy groups -OCH3 is 1. The van der Waals surface area contributed by atoms with Crippen LogP contribution in [0.4, 0.5) is 0 Å². The normalized spacial score (nSPS) is 29.4. The molecule has 0 spiro atoms. The molecule has 2 fully saturated rings. The van der Waals surface area contributed by atoms with Gasteiger partial charge in [0, 0.05) is 7.11 Å². The maximum absolute atomic E-state index is 12.6. The predicted octanol–water partition coefficient (Wildman–Crippen LogP) is 1.11. The van der Waals surface area contributed by atoms with Crippen LogP contribution in [0, 0.1) is 5.92 Å². The van der Waals surface area contributed by atoms with Crippen LogP contribution in [-0.2, 0) is 9.53 Å². The van der Waals surface area contributed by atoms with E-state index >= 15 is 0 Å². The molecule has 2 rings (SSSR count). The smallest absolute Gasteiger partial charge is 0.255 e. The molecular weight excluding hydrogens is 228 g/mol. The van der Waals surface area contributed by atoms with Gasteiger partial charge < -0.3 is 14.1 Å². The molecule has 104 valence electrons. The highest BCUT2D eigenvalue weighted by molar-refractivity contribution is 5.88. The van der Waals surface area contributed by atoms with Crippen LogP contribution in [0.25, 0.3) is 0 Å². The van der Waals surface area contributed by atoms with E-state index in [0.717, 1.165) is 37.0 Å². The quantitative estimate of drug-likeness (QED) is 0.707. The second kappa shape index (κ2) is 4.49. The maximum Gasteiger partial charge on any atom is 0.255 e. The standard InChI is InChI=1S/C14H27N2O2/c1-11(2)12-10-16(3,4)9-8-15(12)13(17)14(18-5)6-7-14/h11-12H,6-10H2,1-5H3/q+1/t12-/m0/s1. The number of amides is 1. The van der Waals surface area contributed by atoms with Crippen molar-refractivity contribution in [3.8, 4) is 0 Å². The highest BCUT2D eigenvalue weighted by Gasteiger charge is 2.54. The summed E-state index contributed by atoms with van der Waals surface area (Å²) in [5.41, 5.74) is -0.471. The predicted molar refractivity (Wildman–Crippen MR) is 71.2 cm³/mol. The van der Waals surface area contributed by atoms with E-state index in [2.05, 4.69) is 32.8 Å². The first-order valence-corrected chi connectivity index (χ1v) is 6.99. The maximum atomic E-state index is 12.6. The molecule has 1 aliphatic carbocycles. The minimum atomic E-state index is -0.471. The molecule has 0 bridgehead atoms. The molecule has 0 radical (unpaired) electrons. The number of quaternary nitrogens is 1. The molecule has 0 aromatic carbocycles. The lowest BCUT2D eigenvalue weighted by molar-refractivity contribution is -0.897. The summed E-state index contributed by atoms with van der Waals surface area (Å²) in [6.45, 7) is 7.36. The van der Waals surface area contributed by atoms with Crippen molar-refractivity contribution in [3.05, 3.63) is 0 Å². The largest absolute Gasteiger partial charge is 0.368 e. The number of nitrogens with zero attached hydrogens (tertiary/aromatic N) is 2. The van der Waals surface area contributed by atoms with Crippen molar-refractivity contribution >= 4 is 5.91 Å². The molecular formula is C14H27N2O2+. The first kappa shape index (κ1) is 13.8. The molecule has 1 heterocycles. The zero-order chi connectivity index (χ0) is 13.6. The Balaban J connectivity index is 2.14. The summed E-state index contributed by atoms with van der Waals surface area (Å²) in [4.78, 5) is 14.7. The number of hydrogen-bond acceptors (Lipinski definition) is 2. The van der Waals surface area contributed by atoms with Gasteiger partial charge in [0.15, 0.2) is 0 Å². The lowest BCUT2D eigenvalue weighted by Crippen LogP contribution is -2.64. The van der Waals surface area contributed by atoms with Gasteiger partial charge in [-0.05, 0) is 18.8 Å². The summed E-state index contributed by atoms with van der Waals surface area (Å²) >= 11 is 0. The summed E-state index contributed by atoms with van der Waals surface area (Å²) in [7, 11) is 6.17. The van der Waals surface area contributed by atoms with Gasteiger partial charge >= 0.3 is 0 Å². The van der Waals surface area contributed by atoms with Gasteiger partial charge in [0.05, 0.1) is 39.8 Å². The average Bonchev–Trinajstić information content (AvgIpc) is 3.07. The van der Waals surface area contributed by atoms with Crippen LogP contribution in [0.15, 0.2) is 0 Å². The molecule has 0 aromatic heterocycles.